The van der Waals surface area contributed by atoms with Crippen LogP contribution in [0, 0.1) is 5.82 Å². The Morgan fingerprint density at radius 3 is 2.12 bits per heavy atom. The lowest BCUT2D eigenvalue weighted by molar-refractivity contribution is -0.148. The van der Waals surface area contributed by atoms with Crippen molar-refractivity contribution in [2.75, 3.05) is 0 Å². The Bertz CT molecular complexity index is 548. The third kappa shape index (κ3) is 2.10. The van der Waals surface area contributed by atoms with Crippen LogP contribution in [0.2, 0.25) is 0 Å². The smallest absolute Gasteiger partial charge is 0.316 e. The summed E-state index contributed by atoms with van der Waals surface area (Å²) in [5.74, 6) is -0.557. The van der Waals surface area contributed by atoms with E-state index in [1.807, 2.05) is 0 Å². The highest BCUT2D eigenvalue weighted by Crippen LogP contribution is 2.34. The van der Waals surface area contributed by atoms with E-state index >= 15 is 0 Å². The van der Waals surface area contributed by atoms with Crippen LogP contribution in [0.5, 0.6) is 0 Å². The van der Waals surface area contributed by atoms with Gasteiger partial charge in [0.15, 0.2) is 0 Å². The maximum absolute atomic E-state index is 13.4. The minimum Gasteiger partial charge on any atom is -0.316 e. The van der Waals surface area contributed by atoms with Crippen LogP contribution in [-0.4, -0.2) is 6.18 Å². The first-order chi connectivity index (χ1) is 7.91. The second-order valence-corrected chi connectivity index (χ2v) is 3.70. The number of halogens is 4. The quantitative estimate of drug-likeness (QED) is 0.761. The topological polar surface area (TPSA) is 26.0 Å². The van der Waals surface area contributed by atoms with Crippen LogP contribution in [-0.2, 0) is 0 Å². The molecule has 0 aliphatic rings. The number of nitrogens with two attached hydrogens (primary N) is 1. The van der Waals surface area contributed by atoms with Gasteiger partial charge in [0.2, 0.25) is 0 Å². The average Bonchev–Trinajstić information content (AvgIpc) is 2.28. The lowest BCUT2D eigenvalue weighted by Gasteiger charge is -2.18. The summed E-state index contributed by atoms with van der Waals surface area (Å²) in [6.07, 6.45) is -4.54. The summed E-state index contributed by atoms with van der Waals surface area (Å²) in [5, 5.41) is 0.335. The minimum atomic E-state index is -4.54. The van der Waals surface area contributed by atoms with Crippen molar-refractivity contribution in [3.05, 3.63) is 47.8 Å². The Morgan fingerprint density at radius 2 is 1.53 bits per heavy atom. The molecule has 2 rings (SSSR count). The summed E-state index contributed by atoms with van der Waals surface area (Å²) < 4.78 is 51.0. The van der Waals surface area contributed by atoms with Gasteiger partial charge in [0.05, 0.1) is 0 Å². The molecule has 0 radical (unpaired) electrons. The van der Waals surface area contributed by atoms with Gasteiger partial charge >= 0.3 is 6.18 Å². The van der Waals surface area contributed by atoms with Crippen molar-refractivity contribution < 1.29 is 17.6 Å². The fourth-order valence-corrected chi connectivity index (χ4v) is 1.73. The number of hydrogen-bond acceptors (Lipinski definition) is 1. The van der Waals surface area contributed by atoms with E-state index in [4.69, 9.17) is 5.73 Å². The highest BCUT2D eigenvalue weighted by molar-refractivity contribution is 5.86. The van der Waals surface area contributed by atoms with E-state index in [2.05, 4.69) is 0 Å². The standard InChI is InChI=1S/C12H9F4N/c13-10-6-5-9(11(17)12(14,15)16)7-3-1-2-4-8(7)10/h1-6,11H,17H2. The highest BCUT2D eigenvalue weighted by Gasteiger charge is 2.38. The maximum atomic E-state index is 13.4. The van der Waals surface area contributed by atoms with Gasteiger partial charge in [0.25, 0.3) is 0 Å². The van der Waals surface area contributed by atoms with Crippen molar-refractivity contribution in [2.24, 2.45) is 5.73 Å². The normalized spacial score (nSPS) is 13.9. The van der Waals surface area contributed by atoms with Crippen LogP contribution < -0.4 is 5.73 Å². The number of rotatable bonds is 1. The van der Waals surface area contributed by atoms with Crippen LogP contribution in [0.4, 0.5) is 17.6 Å². The molecule has 2 aromatic rings. The monoisotopic (exact) mass is 243 g/mol. The predicted molar refractivity (Wildman–Crippen MR) is 56.9 cm³/mol. The highest BCUT2D eigenvalue weighted by atomic mass is 19.4. The number of alkyl halides is 3. The van der Waals surface area contributed by atoms with Crippen LogP contribution in [0.1, 0.15) is 11.6 Å². The molecule has 2 N–H and O–H groups in total. The fourth-order valence-electron chi connectivity index (χ4n) is 1.73. The minimum absolute atomic E-state index is 0.116. The van der Waals surface area contributed by atoms with Gasteiger partial charge in [0.1, 0.15) is 11.9 Å². The van der Waals surface area contributed by atoms with E-state index < -0.39 is 18.0 Å². The predicted octanol–water partition coefficient (Wildman–Crippen LogP) is 3.54. The average molecular weight is 243 g/mol. The van der Waals surface area contributed by atoms with E-state index in [1.54, 1.807) is 12.1 Å². The molecule has 5 heteroatoms. The van der Waals surface area contributed by atoms with E-state index in [0.29, 0.717) is 0 Å². The van der Waals surface area contributed by atoms with Gasteiger partial charge in [-0.3, -0.25) is 0 Å². The van der Waals surface area contributed by atoms with E-state index in [9.17, 15) is 17.6 Å². The summed E-state index contributed by atoms with van der Waals surface area (Å²) in [4.78, 5) is 0. The molecule has 0 saturated heterocycles. The third-order valence-corrected chi connectivity index (χ3v) is 2.59. The molecule has 0 bridgehead atoms. The zero-order valence-electron chi connectivity index (χ0n) is 8.63. The van der Waals surface area contributed by atoms with E-state index in [0.717, 1.165) is 12.1 Å². The largest absolute Gasteiger partial charge is 0.407 e. The molecular weight excluding hydrogens is 234 g/mol. The summed E-state index contributed by atoms with van der Waals surface area (Å²) in [7, 11) is 0. The Labute approximate surface area is 94.8 Å². The number of hydrogen-bond donors (Lipinski definition) is 1. The van der Waals surface area contributed by atoms with Crippen LogP contribution in [0.3, 0.4) is 0 Å². The van der Waals surface area contributed by atoms with Crippen LogP contribution in [0.15, 0.2) is 36.4 Å². The Balaban J connectivity index is 2.67. The van der Waals surface area contributed by atoms with Gasteiger partial charge in [-0.15, -0.1) is 0 Å². The molecule has 17 heavy (non-hydrogen) atoms. The SMILES string of the molecule is NC(c1ccc(F)c2ccccc12)C(F)(F)F. The Morgan fingerprint density at radius 1 is 0.941 bits per heavy atom. The van der Waals surface area contributed by atoms with Crippen molar-refractivity contribution in [2.45, 2.75) is 12.2 Å². The van der Waals surface area contributed by atoms with Crippen LogP contribution >= 0.6 is 0 Å². The summed E-state index contributed by atoms with van der Waals surface area (Å²) in [6, 6.07) is 5.95. The number of benzene rings is 2. The van der Waals surface area contributed by atoms with Gasteiger partial charge in [-0.1, -0.05) is 30.3 Å². The van der Waals surface area contributed by atoms with Crippen molar-refractivity contribution in [3.8, 4) is 0 Å². The molecule has 1 atom stereocenters. The van der Waals surface area contributed by atoms with Gasteiger partial charge in [0, 0.05) is 5.39 Å². The molecule has 0 amide bonds. The van der Waals surface area contributed by atoms with Crippen molar-refractivity contribution in [3.63, 3.8) is 0 Å². The van der Waals surface area contributed by atoms with Crippen LogP contribution in [0.25, 0.3) is 10.8 Å². The lowest BCUT2D eigenvalue weighted by atomic mass is 9.98. The van der Waals surface area contributed by atoms with Crippen molar-refractivity contribution in [1.29, 1.82) is 0 Å². The second kappa shape index (κ2) is 4.00. The zero-order chi connectivity index (χ0) is 12.6. The van der Waals surface area contributed by atoms with Gasteiger partial charge in [-0.2, -0.15) is 13.2 Å². The molecular formula is C12H9F4N. The molecule has 0 aromatic heterocycles. The first kappa shape index (κ1) is 11.9. The summed E-state index contributed by atoms with van der Waals surface area (Å²) in [6.45, 7) is 0. The fraction of sp³-hybridized carbons (Fsp3) is 0.167. The van der Waals surface area contributed by atoms with E-state index in [1.165, 1.54) is 12.1 Å². The maximum Gasteiger partial charge on any atom is 0.407 e. The summed E-state index contributed by atoms with van der Waals surface area (Å²) >= 11 is 0. The van der Waals surface area contributed by atoms with Crippen molar-refractivity contribution >= 4 is 10.8 Å². The van der Waals surface area contributed by atoms with E-state index in [-0.39, 0.29) is 16.3 Å². The molecule has 0 fully saturated rings. The Kier molecular flexibility index (Phi) is 2.79. The molecule has 0 saturated carbocycles. The molecule has 1 unspecified atom stereocenters. The number of fused-ring (bicyclic) bond motifs is 1. The molecule has 0 spiro atoms. The lowest BCUT2D eigenvalue weighted by Crippen LogP contribution is -2.28. The Hall–Kier alpha value is -1.62. The summed E-state index contributed by atoms with van der Waals surface area (Å²) in [5.41, 5.74) is 5.02. The van der Waals surface area contributed by atoms with Crippen molar-refractivity contribution in [1.82, 2.24) is 0 Å². The molecule has 1 nitrogen and oxygen atoms in total. The first-order valence-electron chi connectivity index (χ1n) is 4.90. The first-order valence-corrected chi connectivity index (χ1v) is 4.90. The molecule has 0 aliphatic carbocycles. The molecule has 0 aliphatic heterocycles. The molecule has 90 valence electrons. The second-order valence-electron chi connectivity index (χ2n) is 3.70. The zero-order valence-corrected chi connectivity index (χ0v) is 8.63. The van der Waals surface area contributed by atoms with Gasteiger partial charge in [-0.05, 0) is 17.0 Å². The van der Waals surface area contributed by atoms with Gasteiger partial charge in [-0.25, -0.2) is 4.39 Å². The van der Waals surface area contributed by atoms with Gasteiger partial charge < -0.3 is 5.73 Å². The molecule has 2 aromatic carbocycles. The third-order valence-electron chi connectivity index (χ3n) is 2.59. The molecule has 0 heterocycles.